The van der Waals surface area contributed by atoms with E-state index < -0.39 is 17.4 Å². The van der Waals surface area contributed by atoms with E-state index in [-0.39, 0.29) is 31.0 Å². The Kier molecular flexibility index (Phi) is 5.85. The van der Waals surface area contributed by atoms with Gasteiger partial charge in [-0.3, -0.25) is 14.4 Å². The summed E-state index contributed by atoms with van der Waals surface area (Å²) in [4.78, 5) is 33.4. The standard InChI is InChI=1S/C12H21NO4/c1-8(11(17)12(2,3)4)13-9(14)6-5-7-10(15)16/h8H,5-7H2,1-4H3,(H,13,14)(H,15,16)/t8-/m0/s1. The minimum Gasteiger partial charge on any atom is -0.481 e. The number of hydrogen-bond donors (Lipinski definition) is 2. The van der Waals surface area contributed by atoms with Gasteiger partial charge in [-0.05, 0) is 13.3 Å². The molecule has 0 bridgehead atoms. The van der Waals surface area contributed by atoms with Crippen LogP contribution in [0, 0.1) is 5.41 Å². The van der Waals surface area contributed by atoms with E-state index in [1.54, 1.807) is 27.7 Å². The van der Waals surface area contributed by atoms with Gasteiger partial charge in [-0.25, -0.2) is 0 Å². The largest absolute Gasteiger partial charge is 0.481 e. The number of carboxylic acids is 1. The molecule has 0 aromatic heterocycles. The van der Waals surface area contributed by atoms with Crippen molar-refractivity contribution >= 4 is 17.7 Å². The minimum absolute atomic E-state index is 0.0327. The highest BCUT2D eigenvalue weighted by molar-refractivity contribution is 5.92. The van der Waals surface area contributed by atoms with Crippen LogP contribution in [0.25, 0.3) is 0 Å². The minimum atomic E-state index is -0.920. The Bertz CT molecular complexity index is 304. The molecule has 0 aliphatic carbocycles. The third-order valence-corrected chi connectivity index (χ3v) is 2.30. The molecule has 0 aliphatic heterocycles. The van der Waals surface area contributed by atoms with E-state index in [9.17, 15) is 14.4 Å². The fourth-order valence-electron chi connectivity index (χ4n) is 1.43. The summed E-state index contributed by atoms with van der Waals surface area (Å²) in [5, 5.41) is 11.0. The number of rotatable bonds is 6. The molecular weight excluding hydrogens is 222 g/mol. The van der Waals surface area contributed by atoms with Crippen molar-refractivity contribution in [2.24, 2.45) is 5.41 Å². The van der Waals surface area contributed by atoms with Gasteiger partial charge in [0.25, 0.3) is 0 Å². The van der Waals surface area contributed by atoms with Gasteiger partial charge in [-0.2, -0.15) is 0 Å². The number of hydrogen-bond acceptors (Lipinski definition) is 3. The van der Waals surface area contributed by atoms with Crippen LogP contribution in [0.3, 0.4) is 0 Å². The summed E-state index contributed by atoms with van der Waals surface area (Å²) in [6, 6.07) is -0.535. The Morgan fingerprint density at radius 3 is 2.12 bits per heavy atom. The van der Waals surface area contributed by atoms with Crippen molar-refractivity contribution in [3.8, 4) is 0 Å². The molecule has 2 N–H and O–H groups in total. The fourth-order valence-corrected chi connectivity index (χ4v) is 1.43. The van der Waals surface area contributed by atoms with Crippen LogP contribution in [0.4, 0.5) is 0 Å². The lowest BCUT2D eigenvalue weighted by Crippen LogP contribution is -2.43. The normalized spacial score (nSPS) is 12.9. The van der Waals surface area contributed by atoms with Crippen LogP contribution in [0.2, 0.25) is 0 Å². The molecule has 0 aromatic rings. The maximum atomic E-state index is 11.8. The van der Waals surface area contributed by atoms with Gasteiger partial charge < -0.3 is 10.4 Å². The average Bonchev–Trinajstić information content (AvgIpc) is 2.14. The van der Waals surface area contributed by atoms with Gasteiger partial charge in [0.1, 0.15) is 0 Å². The molecule has 0 rings (SSSR count). The van der Waals surface area contributed by atoms with E-state index in [4.69, 9.17) is 5.11 Å². The predicted octanol–water partition coefficient (Wildman–Crippen LogP) is 1.36. The Morgan fingerprint density at radius 2 is 1.71 bits per heavy atom. The Morgan fingerprint density at radius 1 is 1.18 bits per heavy atom. The summed E-state index contributed by atoms with van der Waals surface area (Å²) in [5.41, 5.74) is -0.492. The molecule has 0 heterocycles. The third-order valence-electron chi connectivity index (χ3n) is 2.30. The molecule has 17 heavy (non-hydrogen) atoms. The van der Waals surface area contributed by atoms with Crippen LogP contribution in [0.1, 0.15) is 47.0 Å². The molecule has 98 valence electrons. The Labute approximate surface area is 102 Å². The zero-order valence-corrected chi connectivity index (χ0v) is 10.9. The third kappa shape index (κ3) is 6.71. The number of carbonyl (C=O) groups is 3. The monoisotopic (exact) mass is 243 g/mol. The summed E-state index contributed by atoms with van der Waals surface area (Å²) in [6.07, 6.45) is 0.390. The maximum absolute atomic E-state index is 11.8. The van der Waals surface area contributed by atoms with E-state index in [0.29, 0.717) is 0 Å². The van der Waals surface area contributed by atoms with Crippen molar-refractivity contribution < 1.29 is 19.5 Å². The van der Waals surface area contributed by atoms with Crippen LogP contribution in [0.5, 0.6) is 0 Å². The molecule has 0 saturated heterocycles. The summed E-state index contributed by atoms with van der Waals surface area (Å²) >= 11 is 0. The van der Waals surface area contributed by atoms with E-state index in [1.165, 1.54) is 0 Å². The molecule has 0 radical (unpaired) electrons. The molecule has 0 spiro atoms. The molecule has 5 heteroatoms. The van der Waals surface area contributed by atoms with Crippen molar-refractivity contribution in [2.75, 3.05) is 0 Å². The number of aliphatic carboxylic acids is 1. The number of carboxylic acid groups (broad SMARTS) is 1. The van der Waals surface area contributed by atoms with Crippen LogP contribution in [-0.4, -0.2) is 28.8 Å². The highest BCUT2D eigenvalue weighted by Crippen LogP contribution is 2.16. The van der Waals surface area contributed by atoms with E-state index in [1.807, 2.05) is 0 Å². The lowest BCUT2D eigenvalue weighted by atomic mass is 9.87. The summed E-state index contributed by atoms with van der Waals surface area (Å²) in [5.74, 6) is -1.24. The average molecular weight is 243 g/mol. The van der Waals surface area contributed by atoms with Gasteiger partial charge >= 0.3 is 5.97 Å². The molecule has 0 saturated carbocycles. The van der Waals surface area contributed by atoms with Gasteiger partial charge in [0.2, 0.25) is 5.91 Å². The van der Waals surface area contributed by atoms with E-state index in [2.05, 4.69) is 5.32 Å². The van der Waals surface area contributed by atoms with Crippen molar-refractivity contribution in [1.29, 1.82) is 0 Å². The highest BCUT2D eigenvalue weighted by Gasteiger charge is 2.27. The smallest absolute Gasteiger partial charge is 0.303 e. The first-order valence-electron chi connectivity index (χ1n) is 5.70. The zero-order valence-electron chi connectivity index (χ0n) is 10.9. The Hall–Kier alpha value is -1.39. The number of carbonyl (C=O) groups excluding carboxylic acids is 2. The second-order valence-electron chi connectivity index (χ2n) is 5.15. The van der Waals surface area contributed by atoms with Crippen LogP contribution in [-0.2, 0) is 14.4 Å². The molecule has 0 unspecified atom stereocenters. The van der Waals surface area contributed by atoms with Crippen LogP contribution < -0.4 is 5.32 Å². The summed E-state index contributed by atoms with van der Waals surface area (Å²) < 4.78 is 0. The van der Waals surface area contributed by atoms with Crippen molar-refractivity contribution in [3.05, 3.63) is 0 Å². The molecule has 1 amide bonds. The zero-order chi connectivity index (χ0) is 13.6. The van der Waals surface area contributed by atoms with Crippen molar-refractivity contribution in [3.63, 3.8) is 0 Å². The van der Waals surface area contributed by atoms with Crippen LogP contribution in [0.15, 0.2) is 0 Å². The molecule has 0 aromatic carbocycles. The topological polar surface area (TPSA) is 83.5 Å². The maximum Gasteiger partial charge on any atom is 0.303 e. The molecule has 0 fully saturated rings. The van der Waals surface area contributed by atoms with E-state index in [0.717, 1.165) is 0 Å². The molecule has 5 nitrogen and oxygen atoms in total. The van der Waals surface area contributed by atoms with Gasteiger partial charge in [-0.15, -0.1) is 0 Å². The SMILES string of the molecule is C[C@H](NC(=O)CCCC(=O)O)C(=O)C(C)(C)C. The fraction of sp³-hybridized carbons (Fsp3) is 0.750. The quantitative estimate of drug-likeness (QED) is 0.737. The second kappa shape index (κ2) is 6.37. The molecular formula is C12H21NO4. The van der Waals surface area contributed by atoms with Crippen LogP contribution >= 0.6 is 0 Å². The second-order valence-corrected chi connectivity index (χ2v) is 5.15. The summed E-state index contributed by atoms with van der Waals surface area (Å²) in [7, 11) is 0. The van der Waals surface area contributed by atoms with Gasteiger partial charge in [0.05, 0.1) is 6.04 Å². The lowest BCUT2D eigenvalue weighted by Gasteiger charge is -2.22. The molecule has 0 aliphatic rings. The first-order valence-corrected chi connectivity index (χ1v) is 5.70. The highest BCUT2D eigenvalue weighted by atomic mass is 16.4. The Balaban J connectivity index is 4.04. The summed E-state index contributed by atoms with van der Waals surface area (Å²) in [6.45, 7) is 7.02. The first-order chi connectivity index (χ1) is 7.64. The first kappa shape index (κ1) is 15.6. The number of nitrogens with one attached hydrogen (secondary N) is 1. The van der Waals surface area contributed by atoms with E-state index >= 15 is 0 Å². The number of Topliss-reactive ketones (excluding diaryl/α,β-unsaturated/α-hetero) is 1. The molecule has 1 atom stereocenters. The van der Waals surface area contributed by atoms with Crippen molar-refractivity contribution in [2.45, 2.75) is 53.0 Å². The van der Waals surface area contributed by atoms with Crippen molar-refractivity contribution in [1.82, 2.24) is 5.32 Å². The lowest BCUT2D eigenvalue weighted by molar-refractivity contribution is -0.137. The van der Waals surface area contributed by atoms with Gasteiger partial charge in [0, 0.05) is 18.3 Å². The van der Waals surface area contributed by atoms with Gasteiger partial charge in [-0.1, -0.05) is 20.8 Å². The predicted molar refractivity (Wildman–Crippen MR) is 63.6 cm³/mol. The number of ketones is 1. The van der Waals surface area contributed by atoms with Gasteiger partial charge in [0.15, 0.2) is 5.78 Å². The number of amides is 1.